The number of alkyl halides is 4. The Kier molecular flexibility index (Phi) is 2.71. The van der Waals surface area contributed by atoms with E-state index in [0.29, 0.717) is 0 Å². The van der Waals surface area contributed by atoms with Gasteiger partial charge in [-0.25, -0.2) is 22.0 Å². The Bertz CT molecular complexity index is 613. The summed E-state index contributed by atoms with van der Waals surface area (Å²) in [6.45, 7) is 0. The summed E-state index contributed by atoms with van der Waals surface area (Å²) in [6, 6.07) is 0. The van der Waals surface area contributed by atoms with Gasteiger partial charge >= 0.3 is 11.8 Å². The molecule has 0 bridgehead atoms. The molecule has 1 aliphatic carbocycles. The van der Waals surface area contributed by atoms with Crippen LogP contribution in [0, 0.1) is 23.3 Å². The lowest BCUT2D eigenvalue weighted by Crippen LogP contribution is -2.50. The van der Waals surface area contributed by atoms with Crippen LogP contribution in [-0.4, -0.2) is 23.4 Å². The number of fused-ring (bicyclic) bond motifs is 1. The molecule has 108 valence electrons. The molecule has 0 heterocycles. The van der Waals surface area contributed by atoms with Crippen LogP contribution in [0.2, 0.25) is 0 Å². The minimum Gasteiger partial charge on any atom is -0.289 e. The summed E-state index contributed by atoms with van der Waals surface area (Å²) in [5.74, 6) is -16.0. The van der Waals surface area contributed by atoms with E-state index in [-0.39, 0.29) is 0 Å². The van der Waals surface area contributed by atoms with Crippen LogP contribution in [0.25, 0.3) is 0 Å². The summed E-state index contributed by atoms with van der Waals surface area (Å²) in [5.41, 5.74) is -9.45. The summed E-state index contributed by atoms with van der Waals surface area (Å²) >= 11 is 0. The third-order valence-corrected chi connectivity index (χ3v) is 2.74. The highest BCUT2D eigenvalue weighted by Gasteiger charge is 2.72. The van der Waals surface area contributed by atoms with E-state index in [1.807, 2.05) is 0 Å². The Morgan fingerprint density at radius 2 is 1.00 bits per heavy atom. The van der Waals surface area contributed by atoms with Crippen molar-refractivity contribution in [2.75, 3.05) is 0 Å². The van der Waals surface area contributed by atoms with Crippen LogP contribution in [0.4, 0.5) is 35.1 Å². The zero-order valence-electron chi connectivity index (χ0n) is 8.84. The number of carbonyl (C=O) groups is 2. The van der Waals surface area contributed by atoms with Crippen LogP contribution in [0.3, 0.4) is 0 Å². The first-order valence-electron chi connectivity index (χ1n) is 4.67. The molecule has 20 heavy (non-hydrogen) atoms. The molecule has 2 nitrogen and oxygen atoms in total. The normalized spacial score (nSPS) is 17.6. The van der Waals surface area contributed by atoms with Gasteiger partial charge in [0.2, 0.25) is 11.6 Å². The molecule has 1 aliphatic rings. The van der Waals surface area contributed by atoms with Gasteiger partial charge in [0.1, 0.15) is 0 Å². The largest absolute Gasteiger partial charge is 0.437 e. The molecule has 0 fully saturated rings. The van der Waals surface area contributed by atoms with Crippen molar-refractivity contribution in [1.82, 2.24) is 0 Å². The van der Waals surface area contributed by atoms with Gasteiger partial charge in [0, 0.05) is 0 Å². The number of halogens is 8. The van der Waals surface area contributed by atoms with E-state index in [4.69, 9.17) is 0 Å². The van der Waals surface area contributed by atoms with E-state index in [1.54, 1.807) is 0 Å². The van der Waals surface area contributed by atoms with Crippen molar-refractivity contribution in [2.24, 2.45) is 0 Å². The predicted octanol–water partition coefficient (Wildman–Crippen LogP) is 2.89. The second kappa shape index (κ2) is 3.76. The first-order valence-corrected chi connectivity index (χ1v) is 4.67. The Morgan fingerprint density at radius 1 is 0.700 bits per heavy atom. The zero-order valence-corrected chi connectivity index (χ0v) is 8.84. The van der Waals surface area contributed by atoms with Gasteiger partial charge in [0.25, 0.3) is 0 Å². The molecule has 10 heteroatoms. The van der Waals surface area contributed by atoms with Crippen LogP contribution in [0.15, 0.2) is 0 Å². The number of hydrogen-bond acceptors (Lipinski definition) is 2. The summed E-state index contributed by atoms with van der Waals surface area (Å²) in [7, 11) is 0. The number of rotatable bonds is 0. The minimum atomic E-state index is -6.13. The highest BCUT2D eigenvalue weighted by Crippen LogP contribution is 2.46. The van der Waals surface area contributed by atoms with E-state index in [2.05, 4.69) is 0 Å². The first-order chi connectivity index (χ1) is 8.96. The molecule has 0 N–H and O–H groups in total. The maximum absolute atomic E-state index is 13.6. The van der Waals surface area contributed by atoms with Crippen molar-refractivity contribution < 1.29 is 44.7 Å². The maximum Gasteiger partial charge on any atom is 0.437 e. The van der Waals surface area contributed by atoms with E-state index in [1.165, 1.54) is 0 Å². The summed E-state index contributed by atoms with van der Waals surface area (Å²) in [5, 5.41) is 0. The average Bonchev–Trinajstić information content (AvgIpc) is 2.55. The van der Waals surface area contributed by atoms with Crippen LogP contribution >= 0.6 is 0 Å². The Balaban J connectivity index is 2.90. The van der Waals surface area contributed by atoms with Crippen molar-refractivity contribution >= 4 is 11.6 Å². The van der Waals surface area contributed by atoms with Crippen molar-refractivity contribution in [3.8, 4) is 0 Å². The summed E-state index contributed by atoms with van der Waals surface area (Å²) < 4.78 is 103. The van der Waals surface area contributed by atoms with Gasteiger partial charge in [0.15, 0.2) is 23.3 Å². The molecule has 1 aromatic rings. The van der Waals surface area contributed by atoms with Crippen LogP contribution < -0.4 is 0 Å². The maximum atomic E-state index is 13.6. The minimum absolute atomic E-state index is 2.09. The number of ketones is 2. The number of benzene rings is 1. The molecule has 0 amide bonds. The number of hydrogen-bond donors (Lipinski definition) is 0. The quantitative estimate of drug-likeness (QED) is 0.320. The molecule has 0 spiro atoms. The fourth-order valence-electron chi connectivity index (χ4n) is 1.76. The lowest BCUT2D eigenvalue weighted by Gasteiger charge is -2.19. The topological polar surface area (TPSA) is 34.1 Å². The van der Waals surface area contributed by atoms with Crippen LogP contribution in [0.5, 0.6) is 0 Å². The van der Waals surface area contributed by atoms with E-state index < -0.39 is 57.8 Å². The van der Waals surface area contributed by atoms with Gasteiger partial charge < -0.3 is 0 Å². The molecule has 2 rings (SSSR count). The van der Waals surface area contributed by atoms with Gasteiger partial charge in [-0.15, -0.1) is 0 Å². The van der Waals surface area contributed by atoms with Crippen molar-refractivity contribution in [2.45, 2.75) is 11.8 Å². The van der Waals surface area contributed by atoms with Crippen molar-refractivity contribution in [3.63, 3.8) is 0 Å². The summed E-state index contributed by atoms with van der Waals surface area (Å²) in [6.07, 6.45) is -6.13. The third kappa shape index (κ3) is 1.38. The Labute approximate surface area is 104 Å². The van der Waals surface area contributed by atoms with Crippen LogP contribution in [0.1, 0.15) is 20.7 Å². The number of carbonyl (C=O) groups excluding carboxylic acids is 2. The van der Waals surface area contributed by atoms with E-state index >= 15 is 0 Å². The van der Waals surface area contributed by atoms with Gasteiger partial charge in [-0.3, -0.25) is 9.59 Å². The second-order valence-electron chi connectivity index (χ2n) is 3.82. The van der Waals surface area contributed by atoms with Gasteiger partial charge in [0.05, 0.1) is 11.1 Å². The Hall–Kier alpha value is -2.00. The lowest BCUT2D eigenvalue weighted by atomic mass is 9.99. The smallest absolute Gasteiger partial charge is 0.289 e. The lowest BCUT2D eigenvalue weighted by molar-refractivity contribution is -0.191. The Morgan fingerprint density at radius 3 is 1.25 bits per heavy atom. The fraction of sp³-hybridized carbons (Fsp3) is 0.200. The van der Waals surface area contributed by atoms with Crippen LogP contribution in [-0.2, 0) is 0 Å². The molecule has 0 aliphatic heterocycles. The molecule has 1 aromatic carbocycles. The highest BCUT2D eigenvalue weighted by atomic mass is 19.4. The SMILES string of the molecule is O=C1c2c(F)c(F)c(F)c(F)c2C(=O)C1(F)C(F)(F)F. The average molecular weight is 304 g/mol. The van der Waals surface area contributed by atoms with E-state index in [9.17, 15) is 44.7 Å². The molecule has 0 saturated carbocycles. The third-order valence-electron chi connectivity index (χ3n) is 2.74. The fourth-order valence-corrected chi connectivity index (χ4v) is 1.76. The summed E-state index contributed by atoms with van der Waals surface area (Å²) in [4.78, 5) is 22.4. The van der Waals surface area contributed by atoms with Gasteiger partial charge in [-0.05, 0) is 0 Å². The number of Topliss-reactive ketones (excluding diaryl/α,β-unsaturated/α-hetero) is 2. The molecular formula is C10F8O2. The highest BCUT2D eigenvalue weighted by molar-refractivity contribution is 6.32. The monoisotopic (exact) mass is 304 g/mol. The van der Waals surface area contributed by atoms with Crippen molar-refractivity contribution in [3.05, 3.63) is 34.4 Å². The molecular weight excluding hydrogens is 304 g/mol. The molecule has 0 aromatic heterocycles. The predicted molar refractivity (Wildman–Crippen MR) is 44.8 cm³/mol. The van der Waals surface area contributed by atoms with E-state index in [0.717, 1.165) is 0 Å². The standard InChI is InChI=1S/C10F8O2/c11-3-1-2(4(12)6(14)5(3)13)8(20)9(15,7(1)19)10(16,17)18. The zero-order chi connectivity index (χ0) is 15.6. The first kappa shape index (κ1) is 14.4. The van der Waals surface area contributed by atoms with Crippen molar-refractivity contribution in [1.29, 1.82) is 0 Å². The molecule has 0 unspecified atom stereocenters. The molecule has 0 radical (unpaired) electrons. The van der Waals surface area contributed by atoms with Gasteiger partial charge in [-0.2, -0.15) is 13.2 Å². The molecule has 0 atom stereocenters. The second-order valence-corrected chi connectivity index (χ2v) is 3.82. The van der Waals surface area contributed by atoms with Gasteiger partial charge in [-0.1, -0.05) is 0 Å². The molecule has 0 saturated heterocycles.